The third-order valence-electron chi connectivity index (χ3n) is 4.03. The fourth-order valence-electron chi connectivity index (χ4n) is 2.67. The highest BCUT2D eigenvalue weighted by Crippen LogP contribution is 2.30. The quantitative estimate of drug-likeness (QED) is 0.367. The lowest BCUT2D eigenvalue weighted by Gasteiger charge is -2.25. The first-order valence-corrected chi connectivity index (χ1v) is 7.65. The van der Waals surface area contributed by atoms with E-state index in [1.54, 1.807) is 12.1 Å². The molecular weight excluding hydrogens is 285 g/mol. The zero-order valence-corrected chi connectivity index (χ0v) is 13.1. The third kappa shape index (κ3) is 4.06. The van der Waals surface area contributed by atoms with Crippen LogP contribution >= 0.6 is 0 Å². The smallest absolute Gasteiger partial charge is 0.360 e. The SMILES string of the molecule is COC(=O)/C(=N/OC1(C)CCCCCC1)c1ccccc1F. The summed E-state index contributed by atoms with van der Waals surface area (Å²) >= 11 is 0. The molecule has 0 unspecified atom stereocenters. The molecule has 0 bridgehead atoms. The molecule has 5 heteroatoms. The molecule has 0 aliphatic heterocycles. The van der Waals surface area contributed by atoms with Gasteiger partial charge in [-0.25, -0.2) is 9.18 Å². The average Bonchev–Trinajstić information content (AvgIpc) is 2.74. The summed E-state index contributed by atoms with van der Waals surface area (Å²) < 4.78 is 18.6. The molecule has 120 valence electrons. The van der Waals surface area contributed by atoms with Gasteiger partial charge in [0.05, 0.1) is 7.11 Å². The lowest BCUT2D eigenvalue weighted by Crippen LogP contribution is -2.28. The largest absolute Gasteiger partial charge is 0.464 e. The Balaban J connectivity index is 2.25. The van der Waals surface area contributed by atoms with Crippen LogP contribution in [0.15, 0.2) is 29.4 Å². The molecule has 2 rings (SSSR count). The minimum Gasteiger partial charge on any atom is -0.464 e. The maximum atomic E-state index is 13.9. The first-order valence-electron chi connectivity index (χ1n) is 7.65. The van der Waals surface area contributed by atoms with Gasteiger partial charge in [0.25, 0.3) is 0 Å². The van der Waals surface area contributed by atoms with Crippen molar-refractivity contribution in [3.05, 3.63) is 35.6 Å². The Bertz CT molecular complexity index is 549. The molecule has 4 nitrogen and oxygen atoms in total. The molecule has 22 heavy (non-hydrogen) atoms. The minimum absolute atomic E-state index is 0.0894. The van der Waals surface area contributed by atoms with E-state index in [1.165, 1.54) is 32.1 Å². The molecule has 1 aliphatic rings. The van der Waals surface area contributed by atoms with Gasteiger partial charge in [-0.05, 0) is 44.7 Å². The number of carbonyl (C=O) groups excluding carboxylic acids is 1. The fraction of sp³-hybridized carbons (Fsp3) is 0.529. The van der Waals surface area contributed by atoms with Crippen LogP contribution in [0.25, 0.3) is 0 Å². The van der Waals surface area contributed by atoms with Crippen LogP contribution in [0.5, 0.6) is 0 Å². The number of carbonyl (C=O) groups is 1. The van der Waals surface area contributed by atoms with E-state index in [4.69, 9.17) is 9.57 Å². The van der Waals surface area contributed by atoms with Crippen LogP contribution in [0.2, 0.25) is 0 Å². The number of methoxy groups -OCH3 is 1. The van der Waals surface area contributed by atoms with Crippen LogP contribution in [0.4, 0.5) is 4.39 Å². The van der Waals surface area contributed by atoms with E-state index in [2.05, 4.69) is 5.16 Å². The van der Waals surface area contributed by atoms with E-state index in [0.29, 0.717) is 0 Å². The van der Waals surface area contributed by atoms with Gasteiger partial charge in [0.15, 0.2) is 5.71 Å². The molecule has 1 aliphatic carbocycles. The highest BCUT2D eigenvalue weighted by atomic mass is 19.1. The molecule has 0 saturated heterocycles. The van der Waals surface area contributed by atoms with Crippen molar-refractivity contribution in [1.82, 2.24) is 0 Å². The second-order valence-electron chi connectivity index (χ2n) is 5.87. The Labute approximate surface area is 130 Å². The van der Waals surface area contributed by atoms with E-state index in [9.17, 15) is 9.18 Å². The normalized spacial score (nSPS) is 18.4. The predicted molar refractivity (Wildman–Crippen MR) is 82.1 cm³/mol. The molecule has 0 radical (unpaired) electrons. The number of hydrogen-bond donors (Lipinski definition) is 0. The summed E-state index contributed by atoms with van der Waals surface area (Å²) in [7, 11) is 1.24. The molecule has 1 aromatic carbocycles. The van der Waals surface area contributed by atoms with Gasteiger partial charge in [0.1, 0.15) is 11.4 Å². The Morgan fingerprint density at radius 2 is 1.82 bits per heavy atom. The summed E-state index contributed by atoms with van der Waals surface area (Å²) in [4.78, 5) is 17.6. The first-order chi connectivity index (χ1) is 10.6. The van der Waals surface area contributed by atoms with Gasteiger partial charge < -0.3 is 9.57 Å². The number of benzene rings is 1. The Morgan fingerprint density at radius 1 is 1.18 bits per heavy atom. The van der Waals surface area contributed by atoms with Crippen molar-refractivity contribution in [1.29, 1.82) is 0 Å². The molecule has 1 aromatic rings. The summed E-state index contributed by atoms with van der Waals surface area (Å²) in [6.45, 7) is 1.98. The van der Waals surface area contributed by atoms with Gasteiger partial charge in [-0.1, -0.05) is 30.1 Å². The number of nitrogens with zero attached hydrogens (tertiary/aromatic N) is 1. The lowest BCUT2D eigenvalue weighted by molar-refractivity contribution is -0.133. The molecule has 0 atom stereocenters. The Morgan fingerprint density at radius 3 is 2.41 bits per heavy atom. The highest BCUT2D eigenvalue weighted by Gasteiger charge is 2.29. The van der Waals surface area contributed by atoms with Crippen LogP contribution in [0.3, 0.4) is 0 Å². The van der Waals surface area contributed by atoms with Crippen molar-refractivity contribution < 1.29 is 18.8 Å². The van der Waals surface area contributed by atoms with E-state index in [1.807, 2.05) is 6.92 Å². The van der Waals surface area contributed by atoms with Crippen LogP contribution in [0.1, 0.15) is 51.0 Å². The maximum Gasteiger partial charge on any atom is 0.360 e. The van der Waals surface area contributed by atoms with E-state index >= 15 is 0 Å². The van der Waals surface area contributed by atoms with Crippen LogP contribution < -0.4 is 0 Å². The van der Waals surface area contributed by atoms with E-state index in [-0.39, 0.29) is 11.3 Å². The van der Waals surface area contributed by atoms with E-state index in [0.717, 1.165) is 25.7 Å². The van der Waals surface area contributed by atoms with Gasteiger partial charge in [0, 0.05) is 5.56 Å². The zero-order chi connectivity index (χ0) is 16.0. The Hall–Kier alpha value is -1.91. The number of oxime groups is 1. The van der Waals surface area contributed by atoms with Crippen molar-refractivity contribution >= 4 is 11.7 Å². The number of halogens is 1. The second-order valence-corrected chi connectivity index (χ2v) is 5.87. The van der Waals surface area contributed by atoms with Crippen molar-refractivity contribution in [2.24, 2.45) is 5.16 Å². The summed E-state index contributed by atoms with van der Waals surface area (Å²) in [6, 6.07) is 5.97. The van der Waals surface area contributed by atoms with Crippen molar-refractivity contribution in [3.8, 4) is 0 Å². The minimum atomic E-state index is -0.706. The predicted octanol–water partition coefficient (Wildman–Crippen LogP) is 3.83. The summed E-state index contributed by atoms with van der Waals surface area (Å²) in [5, 5.41) is 3.96. The molecule has 1 fully saturated rings. The molecule has 0 aromatic heterocycles. The standard InChI is InChI=1S/C17H22FNO3/c1-17(11-7-3-4-8-12-17)22-19-15(16(20)21-2)13-9-5-6-10-14(13)18/h5-6,9-10H,3-4,7-8,11-12H2,1-2H3/b19-15+. The first kappa shape index (κ1) is 16.5. The van der Waals surface area contributed by atoms with Gasteiger partial charge in [-0.2, -0.15) is 0 Å². The fourth-order valence-corrected chi connectivity index (χ4v) is 2.67. The Kier molecular flexibility index (Phi) is 5.52. The van der Waals surface area contributed by atoms with Gasteiger partial charge in [-0.15, -0.1) is 0 Å². The third-order valence-corrected chi connectivity index (χ3v) is 4.03. The summed E-state index contributed by atoms with van der Waals surface area (Å²) in [5.41, 5.74) is -0.459. The number of esters is 1. The lowest BCUT2D eigenvalue weighted by atomic mass is 9.97. The van der Waals surface area contributed by atoms with Crippen molar-refractivity contribution in [2.75, 3.05) is 7.11 Å². The highest BCUT2D eigenvalue weighted by molar-refractivity contribution is 6.43. The molecule has 0 amide bonds. The number of ether oxygens (including phenoxy) is 1. The topological polar surface area (TPSA) is 47.9 Å². The van der Waals surface area contributed by atoms with Crippen LogP contribution in [0, 0.1) is 5.82 Å². The van der Waals surface area contributed by atoms with E-state index < -0.39 is 17.4 Å². The van der Waals surface area contributed by atoms with Crippen molar-refractivity contribution in [2.45, 2.75) is 51.0 Å². The van der Waals surface area contributed by atoms with Gasteiger partial charge >= 0.3 is 5.97 Å². The van der Waals surface area contributed by atoms with Gasteiger partial charge in [-0.3, -0.25) is 0 Å². The summed E-state index contributed by atoms with van der Waals surface area (Å²) in [6.07, 6.45) is 6.25. The average molecular weight is 307 g/mol. The van der Waals surface area contributed by atoms with Crippen LogP contribution in [-0.2, 0) is 14.4 Å². The number of rotatable bonds is 4. The molecule has 0 N–H and O–H groups in total. The zero-order valence-electron chi connectivity index (χ0n) is 13.1. The summed E-state index contributed by atoms with van der Waals surface area (Å²) in [5.74, 6) is -1.23. The molecule has 1 saturated carbocycles. The van der Waals surface area contributed by atoms with Crippen LogP contribution in [-0.4, -0.2) is 24.4 Å². The molecule has 0 spiro atoms. The van der Waals surface area contributed by atoms with Crippen molar-refractivity contribution in [3.63, 3.8) is 0 Å². The maximum absolute atomic E-state index is 13.9. The van der Waals surface area contributed by atoms with Gasteiger partial charge in [0.2, 0.25) is 0 Å². The monoisotopic (exact) mass is 307 g/mol. The molecule has 0 heterocycles. The molecular formula is C17H22FNO3. The number of hydrogen-bond acceptors (Lipinski definition) is 4. The second kappa shape index (κ2) is 7.38.